The monoisotopic (exact) mass is 634 g/mol. The first-order chi connectivity index (χ1) is 19.7. The number of phenolic OH excluding ortho intramolecular Hbond substituents is 1. The lowest BCUT2D eigenvalue weighted by atomic mass is 9.45. The number of aliphatic hydroxyl groups is 1. The highest BCUT2D eigenvalue weighted by molar-refractivity contribution is 9.10. The molecular formula is C33H35BrN2O4S. The summed E-state index contributed by atoms with van der Waals surface area (Å²) in [6.07, 6.45) is 6.02. The van der Waals surface area contributed by atoms with Gasteiger partial charge in [-0.1, -0.05) is 43.3 Å². The Labute approximate surface area is 253 Å². The molecule has 2 aromatic carbocycles. The summed E-state index contributed by atoms with van der Waals surface area (Å²) in [4.78, 5) is 18.8. The van der Waals surface area contributed by atoms with E-state index in [4.69, 9.17) is 4.74 Å². The highest BCUT2D eigenvalue weighted by atomic mass is 79.9. The molecule has 1 aromatic heterocycles. The molecule has 2 fully saturated rings. The first-order valence-corrected chi connectivity index (χ1v) is 16.1. The van der Waals surface area contributed by atoms with E-state index in [-0.39, 0.29) is 29.7 Å². The maximum absolute atomic E-state index is 13.5. The molecule has 3 unspecified atom stereocenters. The highest BCUT2D eigenvalue weighted by Crippen LogP contribution is 2.67. The number of carbonyl (C=O) groups is 1. The number of rotatable bonds is 6. The van der Waals surface area contributed by atoms with Gasteiger partial charge in [0.25, 0.3) is 0 Å². The Hall–Kier alpha value is -2.65. The number of amides is 1. The molecule has 3 heterocycles. The van der Waals surface area contributed by atoms with Crippen LogP contribution >= 0.6 is 27.3 Å². The Morgan fingerprint density at radius 1 is 1.27 bits per heavy atom. The fourth-order valence-corrected chi connectivity index (χ4v) is 9.77. The molecule has 0 radical (unpaired) electrons. The molecule has 2 bridgehead atoms. The third-order valence-corrected chi connectivity index (χ3v) is 12.0. The third kappa shape index (κ3) is 3.98. The van der Waals surface area contributed by atoms with Crippen LogP contribution in [-0.4, -0.2) is 69.8 Å². The highest BCUT2D eigenvalue weighted by Gasteiger charge is 2.75. The Morgan fingerprint density at radius 3 is 2.83 bits per heavy atom. The summed E-state index contributed by atoms with van der Waals surface area (Å²) in [5.41, 5.74) is 1.68. The van der Waals surface area contributed by atoms with Gasteiger partial charge in [-0.15, -0.1) is 11.3 Å². The average Bonchev–Trinajstić information content (AvgIpc) is 3.55. The average molecular weight is 636 g/mol. The maximum atomic E-state index is 13.5. The molecule has 3 aromatic rings. The molecule has 1 amide bonds. The van der Waals surface area contributed by atoms with Gasteiger partial charge in [-0.3, -0.25) is 9.69 Å². The summed E-state index contributed by atoms with van der Waals surface area (Å²) < 4.78 is 7.68. The molecule has 1 saturated heterocycles. The van der Waals surface area contributed by atoms with E-state index in [0.717, 1.165) is 40.0 Å². The van der Waals surface area contributed by atoms with Crippen LogP contribution in [0, 0.1) is 5.92 Å². The van der Waals surface area contributed by atoms with Crippen LogP contribution in [0.25, 0.3) is 6.08 Å². The van der Waals surface area contributed by atoms with Gasteiger partial charge in [0.05, 0.1) is 17.1 Å². The van der Waals surface area contributed by atoms with Gasteiger partial charge in [-0.05, 0) is 83.4 Å². The number of hydrogen-bond acceptors (Lipinski definition) is 6. The first kappa shape index (κ1) is 27.2. The largest absolute Gasteiger partial charge is 0.504 e. The number of halogens is 1. The first-order valence-electron chi connectivity index (χ1n) is 14.4. The molecule has 2 N–H and O–H groups in total. The number of hydrogen-bond donors (Lipinski definition) is 2. The van der Waals surface area contributed by atoms with E-state index in [1.165, 1.54) is 5.56 Å². The molecule has 8 heteroatoms. The standard InChI is InChI=1S/C33H35BrN2O4S/c1-20-16-25(35(2)28(38)11-9-24-18-23(34)19-41-24)31-32-13-15-36(14-12-21-6-4-3-5-7-21)27(33(20,32)39)17-22-8-10-26(37)30(40-31)29(22)32/h3-11,18-20,25,27,31,37,39H,12-17H2,1-2H3/b11-9+/t20?,25?,27-,31?,32+,33-/m1/s1. The Balaban J connectivity index is 1.25. The Morgan fingerprint density at radius 2 is 2.07 bits per heavy atom. The van der Waals surface area contributed by atoms with E-state index in [9.17, 15) is 15.0 Å². The van der Waals surface area contributed by atoms with Crippen LogP contribution in [0.3, 0.4) is 0 Å². The summed E-state index contributed by atoms with van der Waals surface area (Å²) in [6, 6.07) is 16.0. The van der Waals surface area contributed by atoms with E-state index in [1.807, 2.05) is 36.7 Å². The number of ether oxygens (including phenoxy) is 1. The third-order valence-electron chi connectivity index (χ3n) is 10.3. The number of likely N-dealkylation sites (N-methyl/N-ethyl adjacent to an activating group) is 1. The normalized spacial score (nSPS) is 31.6. The summed E-state index contributed by atoms with van der Waals surface area (Å²) in [5.74, 6) is 0.445. The lowest BCUT2D eigenvalue weighted by Gasteiger charge is -2.66. The van der Waals surface area contributed by atoms with E-state index < -0.39 is 17.1 Å². The second-order valence-corrected chi connectivity index (χ2v) is 14.0. The summed E-state index contributed by atoms with van der Waals surface area (Å²) in [7, 11) is 1.85. The van der Waals surface area contributed by atoms with Crippen LogP contribution in [0.2, 0.25) is 0 Å². The van der Waals surface area contributed by atoms with Gasteiger partial charge in [-0.2, -0.15) is 0 Å². The predicted octanol–water partition coefficient (Wildman–Crippen LogP) is 5.40. The lowest BCUT2D eigenvalue weighted by molar-refractivity contribution is -0.224. The minimum atomic E-state index is -1.04. The number of piperidine rings is 1. The van der Waals surface area contributed by atoms with E-state index in [0.29, 0.717) is 25.0 Å². The molecule has 41 heavy (non-hydrogen) atoms. The molecule has 6 atom stereocenters. The van der Waals surface area contributed by atoms with Gasteiger partial charge in [0, 0.05) is 46.0 Å². The minimum Gasteiger partial charge on any atom is -0.504 e. The second-order valence-electron chi connectivity index (χ2n) is 12.2. The van der Waals surface area contributed by atoms with Crippen molar-refractivity contribution >= 4 is 39.2 Å². The SMILES string of the molecule is CC1CC(N(C)C(=O)/C=C/c2cc(Br)cs2)C2Oc3c(O)ccc4c3[C@@]23CCN(CCc2ccccc2)[C@H](C4)[C@]13O. The Kier molecular flexibility index (Phi) is 6.62. The maximum Gasteiger partial charge on any atom is 0.246 e. The zero-order valence-electron chi connectivity index (χ0n) is 23.3. The Bertz CT molecular complexity index is 1520. The van der Waals surface area contributed by atoms with E-state index in [2.05, 4.69) is 52.0 Å². The van der Waals surface area contributed by atoms with Crippen LogP contribution in [0.1, 0.15) is 41.3 Å². The number of thiophene rings is 1. The molecule has 2 aliphatic carbocycles. The van der Waals surface area contributed by atoms with Crippen molar-refractivity contribution in [2.24, 2.45) is 5.92 Å². The molecular weight excluding hydrogens is 600 g/mol. The van der Waals surface area contributed by atoms with Crippen molar-refractivity contribution in [2.45, 2.75) is 61.8 Å². The number of nitrogens with zero attached hydrogens (tertiary/aromatic N) is 2. The number of likely N-dealkylation sites (tertiary alicyclic amines) is 1. The minimum absolute atomic E-state index is 0.0665. The van der Waals surface area contributed by atoms with Gasteiger partial charge >= 0.3 is 0 Å². The number of benzene rings is 2. The van der Waals surface area contributed by atoms with Crippen molar-refractivity contribution in [3.63, 3.8) is 0 Å². The fourth-order valence-electron chi connectivity index (χ4n) is 8.44. The van der Waals surface area contributed by atoms with Crippen LogP contribution in [-0.2, 0) is 23.1 Å². The van der Waals surface area contributed by atoms with Crippen molar-refractivity contribution in [3.8, 4) is 11.5 Å². The lowest BCUT2D eigenvalue weighted by Crippen LogP contribution is -2.80. The molecule has 7 rings (SSSR count). The molecule has 214 valence electrons. The second kappa shape index (κ2) is 9.97. The fraction of sp³-hybridized carbons (Fsp3) is 0.424. The summed E-state index contributed by atoms with van der Waals surface area (Å²) in [5, 5.41) is 26.0. The molecule has 4 aliphatic rings. The number of aromatic hydroxyl groups is 1. The zero-order valence-corrected chi connectivity index (χ0v) is 25.7. The van der Waals surface area contributed by atoms with Gasteiger partial charge in [0.1, 0.15) is 6.10 Å². The van der Waals surface area contributed by atoms with Crippen LogP contribution < -0.4 is 4.74 Å². The van der Waals surface area contributed by atoms with Gasteiger partial charge < -0.3 is 19.8 Å². The number of carbonyl (C=O) groups excluding carboxylic acids is 1. The van der Waals surface area contributed by atoms with Crippen LogP contribution in [0.5, 0.6) is 11.5 Å². The predicted molar refractivity (Wildman–Crippen MR) is 164 cm³/mol. The van der Waals surface area contributed by atoms with Crippen molar-refractivity contribution in [3.05, 3.63) is 86.0 Å². The smallest absolute Gasteiger partial charge is 0.246 e. The van der Waals surface area contributed by atoms with Gasteiger partial charge in [0.15, 0.2) is 11.5 Å². The van der Waals surface area contributed by atoms with Crippen molar-refractivity contribution in [1.29, 1.82) is 0 Å². The van der Waals surface area contributed by atoms with Gasteiger partial charge in [0.2, 0.25) is 5.91 Å². The molecule has 1 spiro atoms. The molecule has 6 nitrogen and oxygen atoms in total. The number of phenols is 1. The van der Waals surface area contributed by atoms with Crippen molar-refractivity contribution in [2.75, 3.05) is 20.1 Å². The topological polar surface area (TPSA) is 73.2 Å². The van der Waals surface area contributed by atoms with Crippen molar-refractivity contribution < 1.29 is 19.7 Å². The van der Waals surface area contributed by atoms with Crippen molar-refractivity contribution in [1.82, 2.24) is 9.80 Å². The quantitative estimate of drug-likeness (QED) is 0.355. The molecule has 1 saturated carbocycles. The van der Waals surface area contributed by atoms with Crippen LogP contribution in [0.15, 0.2) is 64.5 Å². The van der Waals surface area contributed by atoms with Gasteiger partial charge in [-0.25, -0.2) is 0 Å². The zero-order chi connectivity index (χ0) is 28.5. The van der Waals surface area contributed by atoms with E-state index in [1.54, 1.807) is 28.4 Å². The summed E-state index contributed by atoms with van der Waals surface area (Å²) >= 11 is 5.05. The summed E-state index contributed by atoms with van der Waals surface area (Å²) in [6.45, 7) is 3.84. The molecule has 2 aliphatic heterocycles. The van der Waals surface area contributed by atoms with E-state index >= 15 is 0 Å². The van der Waals surface area contributed by atoms with Crippen LogP contribution in [0.4, 0.5) is 0 Å².